The molecular formula is C23H29NO3. The van der Waals surface area contributed by atoms with Crippen LogP contribution in [0.2, 0.25) is 0 Å². The Morgan fingerprint density at radius 2 is 1.93 bits per heavy atom. The number of likely N-dealkylation sites (tertiary alicyclic amines) is 1. The molecule has 0 aromatic heterocycles. The zero-order valence-corrected chi connectivity index (χ0v) is 16.0. The summed E-state index contributed by atoms with van der Waals surface area (Å²) in [5.74, 6) is 0.802. The maximum atomic E-state index is 11.8. The molecule has 3 atom stereocenters. The molecule has 1 heterocycles. The van der Waals surface area contributed by atoms with Gasteiger partial charge in [0.05, 0.1) is 18.8 Å². The predicted molar refractivity (Wildman–Crippen MR) is 106 cm³/mol. The molecule has 4 rings (SSSR count). The first-order chi connectivity index (χ1) is 13.0. The van der Waals surface area contributed by atoms with E-state index in [0.29, 0.717) is 25.8 Å². The van der Waals surface area contributed by atoms with Gasteiger partial charge in [0.25, 0.3) is 0 Å². The molecule has 0 spiro atoms. The second kappa shape index (κ2) is 7.27. The van der Waals surface area contributed by atoms with Crippen molar-refractivity contribution >= 4 is 0 Å². The number of β-amino-alcohol motifs (C(OH)–C–C–N with tert-alkyl or cyclic N) is 1. The molecule has 0 amide bonds. The summed E-state index contributed by atoms with van der Waals surface area (Å²) in [6.07, 6.45) is 2.35. The SMILES string of the molecule is COc1cccc([C@]23CCN(Cc4ccccc4)C[C@]2(O)CCC(O)C3)c1. The fourth-order valence-electron chi connectivity index (χ4n) is 5.13. The average Bonchev–Trinajstić information content (AvgIpc) is 2.69. The average molecular weight is 367 g/mol. The smallest absolute Gasteiger partial charge is 0.119 e. The van der Waals surface area contributed by atoms with Gasteiger partial charge in [-0.15, -0.1) is 0 Å². The number of rotatable bonds is 4. The Hall–Kier alpha value is -1.88. The zero-order valence-electron chi connectivity index (χ0n) is 16.0. The lowest BCUT2D eigenvalue weighted by Crippen LogP contribution is -2.65. The molecule has 1 aliphatic carbocycles. The van der Waals surface area contributed by atoms with Gasteiger partial charge in [-0.3, -0.25) is 4.90 Å². The molecule has 2 aromatic rings. The Morgan fingerprint density at radius 1 is 1.11 bits per heavy atom. The van der Waals surface area contributed by atoms with Crippen molar-refractivity contribution in [1.82, 2.24) is 4.90 Å². The minimum atomic E-state index is -0.842. The van der Waals surface area contributed by atoms with Gasteiger partial charge in [-0.05, 0) is 55.5 Å². The predicted octanol–water partition coefficient (Wildman–Crippen LogP) is 3.11. The zero-order chi connectivity index (χ0) is 18.9. The van der Waals surface area contributed by atoms with Crippen molar-refractivity contribution in [2.75, 3.05) is 20.2 Å². The Labute approximate surface area is 161 Å². The largest absolute Gasteiger partial charge is 0.497 e. The number of aliphatic hydroxyl groups is 2. The van der Waals surface area contributed by atoms with E-state index >= 15 is 0 Å². The van der Waals surface area contributed by atoms with Gasteiger partial charge in [-0.25, -0.2) is 0 Å². The molecule has 27 heavy (non-hydrogen) atoms. The van der Waals surface area contributed by atoms with Crippen LogP contribution in [0.15, 0.2) is 54.6 Å². The van der Waals surface area contributed by atoms with E-state index < -0.39 is 11.0 Å². The maximum Gasteiger partial charge on any atom is 0.119 e. The minimum Gasteiger partial charge on any atom is -0.497 e. The third kappa shape index (κ3) is 3.38. The molecule has 0 radical (unpaired) electrons. The number of hydrogen-bond acceptors (Lipinski definition) is 4. The van der Waals surface area contributed by atoms with E-state index in [1.54, 1.807) is 7.11 Å². The van der Waals surface area contributed by atoms with Gasteiger partial charge in [0, 0.05) is 18.5 Å². The highest BCUT2D eigenvalue weighted by Crippen LogP contribution is 2.52. The first-order valence-corrected chi connectivity index (χ1v) is 9.86. The molecule has 4 nitrogen and oxygen atoms in total. The molecule has 0 bridgehead atoms. The molecule has 1 saturated heterocycles. The second-order valence-corrected chi connectivity index (χ2v) is 8.19. The van der Waals surface area contributed by atoms with Crippen molar-refractivity contribution in [3.63, 3.8) is 0 Å². The molecule has 1 aliphatic heterocycles. The first-order valence-electron chi connectivity index (χ1n) is 9.86. The van der Waals surface area contributed by atoms with Gasteiger partial charge in [-0.1, -0.05) is 42.5 Å². The van der Waals surface area contributed by atoms with E-state index in [1.807, 2.05) is 24.3 Å². The normalized spacial score (nSPS) is 31.3. The molecule has 144 valence electrons. The molecule has 4 heteroatoms. The Morgan fingerprint density at radius 3 is 2.70 bits per heavy atom. The van der Waals surface area contributed by atoms with Crippen LogP contribution in [0.4, 0.5) is 0 Å². The second-order valence-electron chi connectivity index (χ2n) is 8.19. The van der Waals surface area contributed by atoms with Crippen molar-refractivity contribution < 1.29 is 14.9 Å². The van der Waals surface area contributed by atoms with E-state index in [-0.39, 0.29) is 6.10 Å². The molecule has 1 saturated carbocycles. The van der Waals surface area contributed by atoms with Gasteiger partial charge in [0.1, 0.15) is 5.75 Å². The van der Waals surface area contributed by atoms with Crippen molar-refractivity contribution in [3.8, 4) is 5.75 Å². The van der Waals surface area contributed by atoms with Crippen LogP contribution in [0.25, 0.3) is 0 Å². The first kappa shape index (κ1) is 18.5. The minimum absolute atomic E-state index is 0.364. The molecule has 2 aromatic carbocycles. The van der Waals surface area contributed by atoms with Crippen LogP contribution < -0.4 is 4.74 Å². The number of methoxy groups -OCH3 is 1. The van der Waals surface area contributed by atoms with E-state index in [1.165, 1.54) is 5.56 Å². The number of hydrogen-bond donors (Lipinski definition) is 2. The van der Waals surface area contributed by atoms with Gasteiger partial charge in [-0.2, -0.15) is 0 Å². The summed E-state index contributed by atoms with van der Waals surface area (Å²) in [6.45, 7) is 2.38. The summed E-state index contributed by atoms with van der Waals surface area (Å²) in [5, 5.41) is 22.3. The van der Waals surface area contributed by atoms with E-state index in [2.05, 4.69) is 35.2 Å². The van der Waals surface area contributed by atoms with Gasteiger partial charge >= 0.3 is 0 Å². The van der Waals surface area contributed by atoms with Crippen LogP contribution in [0.3, 0.4) is 0 Å². The highest BCUT2D eigenvalue weighted by Gasteiger charge is 2.57. The van der Waals surface area contributed by atoms with Crippen LogP contribution in [0.1, 0.15) is 36.8 Å². The quantitative estimate of drug-likeness (QED) is 0.872. The summed E-state index contributed by atoms with van der Waals surface area (Å²) in [6, 6.07) is 18.5. The lowest BCUT2D eigenvalue weighted by Gasteiger charge is -2.57. The van der Waals surface area contributed by atoms with E-state index in [9.17, 15) is 10.2 Å². The molecular weight excluding hydrogens is 338 g/mol. The van der Waals surface area contributed by atoms with Crippen molar-refractivity contribution in [3.05, 3.63) is 65.7 Å². The molecule has 2 fully saturated rings. The number of piperidine rings is 1. The summed E-state index contributed by atoms with van der Waals surface area (Å²) in [4.78, 5) is 2.35. The Bertz CT molecular complexity index is 780. The van der Waals surface area contributed by atoms with Crippen LogP contribution in [0.5, 0.6) is 5.75 Å². The van der Waals surface area contributed by atoms with Crippen LogP contribution in [0, 0.1) is 0 Å². The summed E-state index contributed by atoms with van der Waals surface area (Å²) in [7, 11) is 1.67. The topological polar surface area (TPSA) is 52.9 Å². The summed E-state index contributed by atoms with van der Waals surface area (Å²) < 4.78 is 5.43. The number of aliphatic hydroxyl groups excluding tert-OH is 1. The van der Waals surface area contributed by atoms with Crippen LogP contribution in [-0.2, 0) is 12.0 Å². The van der Waals surface area contributed by atoms with Crippen LogP contribution in [-0.4, -0.2) is 47.0 Å². The fourth-order valence-corrected chi connectivity index (χ4v) is 5.13. The summed E-state index contributed by atoms with van der Waals surface area (Å²) in [5.41, 5.74) is 1.09. The lowest BCUT2D eigenvalue weighted by atomic mass is 9.55. The summed E-state index contributed by atoms with van der Waals surface area (Å²) >= 11 is 0. The molecule has 1 unspecified atom stereocenters. The number of fused-ring (bicyclic) bond motifs is 1. The highest BCUT2D eigenvalue weighted by atomic mass is 16.5. The van der Waals surface area contributed by atoms with Gasteiger partial charge in [0.2, 0.25) is 0 Å². The standard InChI is InChI=1S/C23H29NO3/c1-27-21-9-5-8-19(14-21)22-12-13-24(16-18-6-3-2-4-7-18)17-23(22,26)11-10-20(25)15-22/h2-9,14,20,25-26H,10-13,15-17H2,1H3/t20?,22-,23-/m1/s1. The van der Waals surface area contributed by atoms with Crippen LogP contribution >= 0.6 is 0 Å². The maximum absolute atomic E-state index is 11.8. The van der Waals surface area contributed by atoms with Gasteiger partial charge < -0.3 is 14.9 Å². The number of ether oxygens (including phenoxy) is 1. The number of nitrogens with zero attached hydrogens (tertiary/aromatic N) is 1. The third-order valence-electron chi connectivity index (χ3n) is 6.58. The van der Waals surface area contributed by atoms with Crippen molar-refractivity contribution in [2.24, 2.45) is 0 Å². The van der Waals surface area contributed by atoms with Crippen molar-refractivity contribution in [2.45, 2.75) is 49.3 Å². The third-order valence-corrected chi connectivity index (χ3v) is 6.58. The molecule has 2 N–H and O–H groups in total. The Balaban J connectivity index is 1.65. The van der Waals surface area contributed by atoms with Crippen molar-refractivity contribution in [1.29, 1.82) is 0 Å². The monoisotopic (exact) mass is 367 g/mol. The fraction of sp³-hybridized carbons (Fsp3) is 0.478. The molecule has 2 aliphatic rings. The van der Waals surface area contributed by atoms with Gasteiger partial charge in [0.15, 0.2) is 0 Å². The lowest BCUT2D eigenvalue weighted by molar-refractivity contribution is -0.143. The number of benzene rings is 2. The highest BCUT2D eigenvalue weighted by molar-refractivity contribution is 5.38. The Kier molecular flexibility index (Phi) is 4.97. The van der Waals surface area contributed by atoms with E-state index in [0.717, 1.165) is 30.8 Å². The van der Waals surface area contributed by atoms with E-state index in [4.69, 9.17) is 4.74 Å².